The fourth-order valence-corrected chi connectivity index (χ4v) is 2.22. The summed E-state index contributed by atoms with van der Waals surface area (Å²) in [4.78, 5) is 12.1. The third kappa shape index (κ3) is 4.95. The number of benzene rings is 2. The van der Waals surface area contributed by atoms with Gasteiger partial charge in [-0.05, 0) is 47.9 Å². The average Bonchev–Trinajstić information content (AvgIpc) is 2.59. The van der Waals surface area contributed by atoms with Gasteiger partial charge in [0, 0.05) is 6.08 Å². The first-order valence-corrected chi connectivity index (χ1v) is 7.50. The van der Waals surface area contributed by atoms with Crippen LogP contribution in [0.25, 0.3) is 6.08 Å². The first-order chi connectivity index (χ1) is 11.1. The molecule has 0 fully saturated rings. The molecule has 0 radical (unpaired) electrons. The molecule has 1 N–H and O–H groups in total. The Kier molecular flexibility index (Phi) is 5.92. The summed E-state index contributed by atoms with van der Waals surface area (Å²) in [5, 5.41) is 2.96. The van der Waals surface area contributed by atoms with E-state index in [0.717, 1.165) is 23.3 Å². The fraction of sp³-hybridized carbons (Fsp3) is 0.211. The van der Waals surface area contributed by atoms with E-state index >= 15 is 0 Å². The van der Waals surface area contributed by atoms with E-state index in [1.54, 1.807) is 25.3 Å². The number of hydrogen-bond donors (Lipinski definition) is 1. The highest BCUT2D eigenvalue weighted by Gasteiger charge is 2.11. The summed E-state index contributed by atoms with van der Waals surface area (Å²) in [6.45, 7) is 2.01. The molecule has 2 aromatic carbocycles. The number of methoxy groups -OCH3 is 1. The second kappa shape index (κ2) is 8.13. The summed E-state index contributed by atoms with van der Waals surface area (Å²) in [6.07, 6.45) is 3.90. The molecule has 2 aromatic rings. The number of hydrogen-bond acceptors (Lipinski definition) is 2. The normalized spacial score (nSPS) is 12.1. The van der Waals surface area contributed by atoms with Gasteiger partial charge in [0.2, 0.25) is 5.91 Å². The zero-order valence-electron chi connectivity index (χ0n) is 13.3. The van der Waals surface area contributed by atoms with E-state index in [2.05, 4.69) is 5.32 Å². The van der Waals surface area contributed by atoms with Gasteiger partial charge in [-0.3, -0.25) is 4.79 Å². The molecular formula is C19H20FNO2. The Balaban J connectivity index is 1.99. The van der Waals surface area contributed by atoms with Gasteiger partial charge in [-0.1, -0.05) is 31.2 Å². The van der Waals surface area contributed by atoms with Crippen LogP contribution in [0, 0.1) is 5.82 Å². The monoisotopic (exact) mass is 313 g/mol. The Bertz CT molecular complexity index is 663. The van der Waals surface area contributed by atoms with Gasteiger partial charge in [-0.2, -0.15) is 0 Å². The Morgan fingerprint density at radius 3 is 2.39 bits per heavy atom. The molecule has 23 heavy (non-hydrogen) atoms. The van der Waals surface area contributed by atoms with E-state index in [4.69, 9.17) is 4.74 Å². The maximum Gasteiger partial charge on any atom is 0.244 e. The molecule has 0 spiro atoms. The van der Waals surface area contributed by atoms with Crippen molar-refractivity contribution in [2.75, 3.05) is 7.11 Å². The molecule has 0 aliphatic rings. The summed E-state index contributed by atoms with van der Waals surface area (Å²) in [5.41, 5.74) is 1.80. The van der Waals surface area contributed by atoms with Crippen molar-refractivity contribution in [3.63, 3.8) is 0 Å². The molecule has 1 atom stereocenters. The lowest BCUT2D eigenvalue weighted by atomic mass is 10.0. The van der Waals surface area contributed by atoms with Crippen LogP contribution in [0.1, 0.15) is 30.5 Å². The van der Waals surface area contributed by atoms with Crippen LogP contribution in [0.4, 0.5) is 4.39 Å². The standard InChI is InChI=1S/C19H20FNO2/c1-3-18(15-7-11-17(23-2)12-8-15)21-19(22)13-6-14-4-9-16(20)10-5-14/h4-13,18H,3H2,1-2H3,(H,21,22)/b13-6+. The molecule has 1 unspecified atom stereocenters. The second-order valence-corrected chi connectivity index (χ2v) is 5.13. The first-order valence-electron chi connectivity index (χ1n) is 7.50. The summed E-state index contributed by atoms with van der Waals surface area (Å²) in [6, 6.07) is 13.5. The van der Waals surface area contributed by atoms with Crippen LogP contribution >= 0.6 is 0 Å². The van der Waals surface area contributed by atoms with Gasteiger partial charge in [0.25, 0.3) is 0 Å². The number of nitrogens with one attached hydrogen (secondary N) is 1. The van der Waals surface area contributed by atoms with Crippen LogP contribution in [0.2, 0.25) is 0 Å². The fourth-order valence-electron chi connectivity index (χ4n) is 2.22. The number of rotatable bonds is 6. The molecule has 3 nitrogen and oxygen atoms in total. The minimum Gasteiger partial charge on any atom is -0.497 e. The summed E-state index contributed by atoms with van der Waals surface area (Å²) >= 11 is 0. The molecule has 4 heteroatoms. The number of ether oxygens (including phenoxy) is 1. The van der Waals surface area contributed by atoms with E-state index in [1.165, 1.54) is 18.2 Å². The lowest BCUT2D eigenvalue weighted by molar-refractivity contribution is -0.117. The van der Waals surface area contributed by atoms with E-state index < -0.39 is 0 Å². The van der Waals surface area contributed by atoms with Crippen molar-refractivity contribution in [3.05, 3.63) is 71.6 Å². The lowest BCUT2D eigenvalue weighted by Gasteiger charge is -2.16. The van der Waals surface area contributed by atoms with Crippen molar-refractivity contribution < 1.29 is 13.9 Å². The summed E-state index contributed by atoms with van der Waals surface area (Å²) in [5.74, 6) is 0.306. The SMILES string of the molecule is CCC(NC(=O)/C=C/c1ccc(F)cc1)c1ccc(OC)cc1. The summed E-state index contributed by atoms with van der Waals surface area (Å²) < 4.78 is 18.0. The van der Waals surface area contributed by atoms with Crippen molar-refractivity contribution in [2.24, 2.45) is 0 Å². The van der Waals surface area contributed by atoms with Crippen molar-refractivity contribution in [1.82, 2.24) is 5.32 Å². The third-order valence-electron chi connectivity index (χ3n) is 3.54. The summed E-state index contributed by atoms with van der Waals surface area (Å²) in [7, 11) is 1.62. The topological polar surface area (TPSA) is 38.3 Å². The highest BCUT2D eigenvalue weighted by atomic mass is 19.1. The van der Waals surface area contributed by atoms with Gasteiger partial charge in [0.1, 0.15) is 11.6 Å². The quantitative estimate of drug-likeness (QED) is 0.815. The predicted molar refractivity (Wildman–Crippen MR) is 89.6 cm³/mol. The Labute approximate surface area is 135 Å². The number of halogens is 1. The minimum absolute atomic E-state index is 0.0636. The van der Waals surface area contributed by atoms with Gasteiger partial charge >= 0.3 is 0 Å². The van der Waals surface area contributed by atoms with Crippen LogP contribution in [0.5, 0.6) is 5.75 Å². The van der Waals surface area contributed by atoms with Crippen LogP contribution < -0.4 is 10.1 Å². The highest BCUT2D eigenvalue weighted by Crippen LogP contribution is 2.20. The maximum atomic E-state index is 12.8. The average molecular weight is 313 g/mol. The van der Waals surface area contributed by atoms with Crippen molar-refractivity contribution >= 4 is 12.0 Å². The molecule has 2 rings (SSSR count). The van der Waals surface area contributed by atoms with Gasteiger partial charge in [-0.15, -0.1) is 0 Å². The molecule has 0 aliphatic heterocycles. The molecule has 0 heterocycles. The van der Waals surface area contributed by atoms with Crippen LogP contribution in [-0.2, 0) is 4.79 Å². The number of amides is 1. The van der Waals surface area contributed by atoms with Gasteiger partial charge in [0.05, 0.1) is 13.2 Å². The Morgan fingerprint density at radius 2 is 1.83 bits per heavy atom. The van der Waals surface area contributed by atoms with Crippen LogP contribution in [0.15, 0.2) is 54.6 Å². The van der Waals surface area contributed by atoms with Gasteiger partial charge < -0.3 is 10.1 Å². The van der Waals surface area contributed by atoms with Gasteiger partial charge in [0.15, 0.2) is 0 Å². The van der Waals surface area contributed by atoms with E-state index in [1.807, 2.05) is 31.2 Å². The smallest absolute Gasteiger partial charge is 0.244 e. The number of carbonyl (C=O) groups is 1. The van der Waals surface area contributed by atoms with Crippen molar-refractivity contribution in [3.8, 4) is 5.75 Å². The lowest BCUT2D eigenvalue weighted by Crippen LogP contribution is -2.26. The van der Waals surface area contributed by atoms with Crippen LogP contribution in [-0.4, -0.2) is 13.0 Å². The molecule has 0 bridgehead atoms. The molecular weight excluding hydrogens is 293 g/mol. The number of carbonyl (C=O) groups excluding carboxylic acids is 1. The largest absolute Gasteiger partial charge is 0.497 e. The Morgan fingerprint density at radius 1 is 1.17 bits per heavy atom. The second-order valence-electron chi connectivity index (χ2n) is 5.13. The van der Waals surface area contributed by atoms with Gasteiger partial charge in [-0.25, -0.2) is 4.39 Å². The molecule has 120 valence electrons. The minimum atomic E-state index is -0.294. The molecule has 1 amide bonds. The third-order valence-corrected chi connectivity index (χ3v) is 3.54. The zero-order valence-corrected chi connectivity index (χ0v) is 13.3. The van der Waals surface area contributed by atoms with E-state index in [-0.39, 0.29) is 17.8 Å². The molecule has 0 saturated heterocycles. The maximum absolute atomic E-state index is 12.8. The van der Waals surface area contributed by atoms with Crippen molar-refractivity contribution in [2.45, 2.75) is 19.4 Å². The van der Waals surface area contributed by atoms with E-state index in [9.17, 15) is 9.18 Å². The highest BCUT2D eigenvalue weighted by molar-refractivity contribution is 5.91. The first kappa shape index (κ1) is 16.7. The van der Waals surface area contributed by atoms with Crippen molar-refractivity contribution in [1.29, 1.82) is 0 Å². The zero-order chi connectivity index (χ0) is 16.7. The molecule has 0 aromatic heterocycles. The van der Waals surface area contributed by atoms with Crippen LogP contribution in [0.3, 0.4) is 0 Å². The molecule has 0 aliphatic carbocycles. The molecule has 0 saturated carbocycles. The Hall–Kier alpha value is -2.62. The predicted octanol–water partition coefficient (Wildman–Crippen LogP) is 4.12. The van der Waals surface area contributed by atoms with E-state index in [0.29, 0.717) is 0 Å².